The standard InChI is InChI=1S/C16H17N3S/c1-2-11-5-3-6-12-9-13(10-14-7-4-8-20-14)16(19-17)18-15(11)12/h3-9H,2,10,17H2,1H3,(H,18,19). The Balaban J connectivity index is 2.12. The smallest absolute Gasteiger partial charge is 0.144 e. The van der Waals surface area contributed by atoms with E-state index < -0.39 is 0 Å². The summed E-state index contributed by atoms with van der Waals surface area (Å²) in [6.45, 7) is 2.14. The Morgan fingerprint density at radius 3 is 2.80 bits per heavy atom. The van der Waals surface area contributed by atoms with Gasteiger partial charge in [-0.3, -0.25) is 0 Å². The molecule has 0 atom stereocenters. The van der Waals surface area contributed by atoms with Gasteiger partial charge < -0.3 is 5.43 Å². The molecule has 2 heterocycles. The predicted molar refractivity (Wildman–Crippen MR) is 86.1 cm³/mol. The largest absolute Gasteiger partial charge is 0.308 e. The molecule has 3 rings (SSSR count). The van der Waals surface area contributed by atoms with Crippen molar-refractivity contribution in [3.8, 4) is 0 Å². The van der Waals surface area contributed by atoms with E-state index in [1.165, 1.54) is 15.8 Å². The van der Waals surface area contributed by atoms with Crippen LogP contribution in [0, 0.1) is 0 Å². The van der Waals surface area contributed by atoms with Crippen LogP contribution >= 0.6 is 11.3 Å². The van der Waals surface area contributed by atoms with Gasteiger partial charge in [-0.15, -0.1) is 11.3 Å². The minimum Gasteiger partial charge on any atom is -0.308 e. The van der Waals surface area contributed by atoms with Crippen LogP contribution in [0.5, 0.6) is 0 Å². The summed E-state index contributed by atoms with van der Waals surface area (Å²) >= 11 is 1.75. The lowest BCUT2D eigenvalue weighted by Crippen LogP contribution is -2.11. The molecule has 0 fully saturated rings. The van der Waals surface area contributed by atoms with Crippen molar-refractivity contribution >= 4 is 28.1 Å². The number of hydrazine groups is 1. The molecule has 0 aliphatic carbocycles. The number of para-hydroxylation sites is 1. The molecule has 0 bridgehead atoms. The van der Waals surface area contributed by atoms with Crippen LogP contribution in [0.4, 0.5) is 5.82 Å². The number of aryl methyl sites for hydroxylation is 1. The van der Waals surface area contributed by atoms with Crippen LogP contribution in [0.1, 0.15) is 22.9 Å². The van der Waals surface area contributed by atoms with E-state index in [4.69, 9.17) is 10.8 Å². The molecule has 0 unspecified atom stereocenters. The molecule has 0 aliphatic rings. The third kappa shape index (κ3) is 2.40. The molecule has 102 valence electrons. The van der Waals surface area contributed by atoms with E-state index in [0.29, 0.717) is 0 Å². The molecule has 0 amide bonds. The lowest BCUT2D eigenvalue weighted by atomic mass is 10.0. The second kappa shape index (κ2) is 5.61. The number of nitrogen functional groups attached to an aromatic ring is 1. The van der Waals surface area contributed by atoms with Crippen molar-refractivity contribution < 1.29 is 0 Å². The molecule has 20 heavy (non-hydrogen) atoms. The second-order valence-corrected chi connectivity index (χ2v) is 5.77. The zero-order chi connectivity index (χ0) is 13.9. The fraction of sp³-hybridized carbons (Fsp3) is 0.188. The van der Waals surface area contributed by atoms with E-state index in [1.807, 2.05) is 0 Å². The first-order valence-corrected chi connectivity index (χ1v) is 7.60. The number of pyridine rings is 1. The first kappa shape index (κ1) is 13.1. The van der Waals surface area contributed by atoms with Crippen LogP contribution in [-0.4, -0.2) is 4.98 Å². The molecule has 2 aromatic heterocycles. The van der Waals surface area contributed by atoms with Gasteiger partial charge in [-0.1, -0.05) is 31.2 Å². The van der Waals surface area contributed by atoms with Gasteiger partial charge >= 0.3 is 0 Å². The fourth-order valence-corrected chi connectivity index (χ4v) is 3.18. The number of benzene rings is 1. The third-order valence-corrected chi connectivity index (χ3v) is 4.35. The minimum absolute atomic E-state index is 0.770. The van der Waals surface area contributed by atoms with Gasteiger partial charge in [0.25, 0.3) is 0 Å². The van der Waals surface area contributed by atoms with E-state index in [2.05, 4.69) is 54.1 Å². The van der Waals surface area contributed by atoms with Crippen LogP contribution in [0.15, 0.2) is 41.8 Å². The number of aromatic nitrogens is 1. The monoisotopic (exact) mass is 283 g/mol. The van der Waals surface area contributed by atoms with Crippen molar-refractivity contribution in [1.29, 1.82) is 0 Å². The zero-order valence-electron chi connectivity index (χ0n) is 11.4. The van der Waals surface area contributed by atoms with Gasteiger partial charge in [-0.25, -0.2) is 10.8 Å². The first-order valence-electron chi connectivity index (χ1n) is 6.72. The summed E-state index contributed by atoms with van der Waals surface area (Å²) in [4.78, 5) is 6.03. The molecule has 3 N–H and O–H groups in total. The lowest BCUT2D eigenvalue weighted by Gasteiger charge is -2.11. The van der Waals surface area contributed by atoms with E-state index in [0.717, 1.165) is 29.7 Å². The number of fused-ring (bicyclic) bond motifs is 1. The molecule has 0 radical (unpaired) electrons. The number of anilines is 1. The van der Waals surface area contributed by atoms with Crippen LogP contribution in [0.3, 0.4) is 0 Å². The van der Waals surface area contributed by atoms with Crippen molar-refractivity contribution in [2.24, 2.45) is 5.84 Å². The molecular weight excluding hydrogens is 266 g/mol. The van der Waals surface area contributed by atoms with E-state index in [-0.39, 0.29) is 0 Å². The quantitative estimate of drug-likeness (QED) is 0.566. The Bertz CT molecular complexity index is 720. The molecule has 1 aromatic carbocycles. The maximum atomic E-state index is 5.65. The fourth-order valence-electron chi connectivity index (χ4n) is 2.45. The third-order valence-electron chi connectivity index (χ3n) is 3.47. The highest BCUT2D eigenvalue weighted by Crippen LogP contribution is 2.26. The summed E-state index contributed by atoms with van der Waals surface area (Å²) in [6.07, 6.45) is 1.83. The number of nitrogens with two attached hydrogens (primary N) is 1. The average Bonchev–Trinajstić information content (AvgIpc) is 2.98. The molecule has 3 nitrogen and oxygen atoms in total. The van der Waals surface area contributed by atoms with Gasteiger partial charge in [0.1, 0.15) is 5.82 Å². The highest BCUT2D eigenvalue weighted by atomic mass is 32.1. The van der Waals surface area contributed by atoms with E-state index >= 15 is 0 Å². The SMILES string of the molecule is CCc1cccc2cc(Cc3cccs3)c(NN)nc12. The van der Waals surface area contributed by atoms with Crippen LogP contribution < -0.4 is 11.3 Å². The van der Waals surface area contributed by atoms with Crippen molar-refractivity contribution in [2.75, 3.05) is 5.43 Å². The summed E-state index contributed by atoms with van der Waals surface area (Å²) in [6, 6.07) is 12.7. The molecule has 3 aromatic rings. The molecule has 0 saturated heterocycles. The molecule has 0 aliphatic heterocycles. The number of nitrogens with zero attached hydrogens (tertiary/aromatic N) is 1. The van der Waals surface area contributed by atoms with Gasteiger partial charge in [-0.05, 0) is 29.5 Å². The lowest BCUT2D eigenvalue weighted by molar-refractivity contribution is 1.12. The Labute approximate surface area is 122 Å². The number of nitrogens with one attached hydrogen (secondary N) is 1. The van der Waals surface area contributed by atoms with Crippen LogP contribution in [-0.2, 0) is 12.8 Å². The van der Waals surface area contributed by atoms with Crippen molar-refractivity contribution in [2.45, 2.75) is 19.8 Å². The highest BCUT2D eigenvalue weighted by molar-refractivity contribution is 7.09. The topological polar surface area (TPSA) is 50.9 Å². The predicted octanol–water partition coefficient (Wildman–Crippen LogP) is 3.74. The van der Waals surface area contributed by atoms with Gasteiger partial charge in [-0.2, -0.15) is 0 Å². The average molecular weight is 283 g/mol. The maximum absolute atomic E-state index is 5.65. The zero-order valence-corrected chi connectivity index (χ0v) is 12.2. The maximum Gasteiger partial charge on any atom is 0.144 e. The van der Waals surface area contributed by atoms with E-state index in [1.54, 1.807) is 11.3 Å². The number of rotatable bonds is 4. The summed E-state index contributed by atoms with van der Waals surface area (Å²) in [7, 11) is 0. The Morgan fingerprint density at radius 2 is 2.10 bits per heavy atom. The highest BCUT2D eigenvalue weighted by Gasteiger charge is 2.09. The van der Waals surface area contributed by atoms with Gasteiger partial charge in [0.15, 0.2) is 0 Å². The van der Waals surface area contributed by atoms with Crippen molar-refractivity contribution in [3.05, 3.63) is 57.8 Å². The van der Waals surface area contributed by atoms with Gasteiger partial charge in [0.05, 0.1) is 5.52 Å². The molecule has 0 spiro atoms. The summed E-state index contributed by atoms with van der Waals surface area (Å²) in [5, 5.41) is 3.27. The van der Waals surface area contributed by atoms with Crippen LogP contribution in [0.2, 0.25) is 0 Å². The summed E-state index contributed by atoms with van der Waals surface area (Å²) in [5.74, 6) is 6.42. The Morgan fingerprint density at radius 1 is 1.20 bits per heavy atom. The summed E-state index contributed by atoms with van der Waals surface area (Å²) < 4.78 is 0. The van der Waals surface area contributed by atoms with Gasteiger partial charge in [0, 0.05) is 22.2 Å². The molecule has 4 heteroatoms. The minimum atomic E-state index is 0.770. The van der Waals surface area contributed by atoms with Crippen molar-refractivity contribution in [1.82, 2.24) is 4.98 Å². The van der Waals surface area contributed by atoms with E-state index in [9.17, 15) is 0 Å². The van der Waals surface area contributed by atoms with Crippen LogP contribution in [0.25, 0.3) is 10.9 Å². The number of hydrogen-bond donors (Lipinski definition) is 2. The molecular formula is C16H17N3S. The Kier molecular flexibility index (Phi) is 3.67. The second-order valence-electron chi connectivity index (χ2n) is 4.74. The normalized spacial score (nSPS) is 10.9. The number of thiophene rings is 1. The van der Waals surface area contributed by atoms with Gasteiger partial charge in [0.2, 0.25) is 0 Å². The Hall–Kier alpha value is -1.91. The first-order chi connectivity index (χ1) is 9.81. The molecule has 0 saturated carbocycles. The summed E-state index contributed by atoms with van der Waals surface area (Å²) in [5.41, 5.74) is 6.17. The number of hydrogen-bond acceptors (Lipinski definition) is 4. The van der Waals surface area contributed by atoms with Crippen molar-refractivity contribution in [3.63, 3.8) is 0 Å².